The number of aryl methyl sites for hydroxylation is 1. The number of carbonyl (C=O) groups is 1. The minimum absolute atomic E-state index is 0.0147. The first-order valence-electron chi connectivity index (χ1n) is 6.90. The van der Waals surface area contributed by atoms with Gasteiger partial charge in [-0.15, -0.1) is 0 Å². The Labute approximate surface area is 119 Å². The SMILES string of the molecule is CCn1cc(S(=O)(=O)N2CCCCCC2)cc1C(=O)O. The Kier molecular flexibility index (Phi) is 4.49. The molecule has 20 heavy (non-hydrogen) atoms. The van der Waals surface area contributed by atoms with Gasteiger partial charge in [0.25, 0.3) is 0 Å². The van der Waals surface area contributed by atoms with Crippen molar-refractivity contribution < 1.29 is 18.3 Å². The highest BCUT2D eigenvalue weighted by atomic mass is 32.2. The van der Waals surface area contributed by atoms with Crippen LogP contribution in [0.15, 0.2) is 17.2 Å². The first-order valence-corrected chi connectivity index (χ1v) is 8.34. The summed E-state index contributed by atoms with van der Waals surface area (Å²) in [5, 5.41) is 9.10. The van der Waals surface area contributed by atoms with Crippen LogP contribution in [-0.4, -0.2) is 41.5 Å². The summed E-state index contributed by atoms with van der Waals surface area (Å²) in [4.78, 5) is 11.2. The second-order valence-corrected chi connectivity index (χ2v) is 6.91. The zero-order valence-electron chi connectivity index (χ0n) is 11.6. The van der Waals surface area contributed by atoms with E-state index in [2.05, 4.69) is 0 Å². The molecule has 0 spiro atoms. The van der Waals surface area contributed by atoms with E-state index in [1.54, 1.807) is 6.92 Å². The Morgan fingerprint density at radius 3 is 2.30 bits per heavy atom. The van der Waals surface area contributed by atoms with E-state index in [1.807, 2.05) is 0 Å². The summed E-state index contributed by atoms with van der Waals surface area (Å²) in [7, 11) is -3.58. The van der Waals surface area contributed by atoms with Gasteiger partial charge in [-0.1, -0.05) is 12.8 Å². The van der Waals surface area contributed by atoms with Crippen LogP contribution in [0.25, 0.3) is 0 Å². The molecule has 112 valence electrons. The molecule has 0 aliphatic carbocycles. The number of carboxylic acids is 1. The molecule has 1 aromatic rings. The first kappa shape index (κ1) is 15.1. The number of aromatic nitrogens is 1. The summed E-state index contributed by atoms with van der Waals surface area (Å²) in [6.07, 6.45) is 5.23. The van der Waals surface area contributed by atoms with E-state index in [1.165, 1.54) is 21.1 Å². The Bertz CT molecular complexity index is 584. The van der Waals surface area contributed by atoms with Gasteiger partial charge >= 0.3 is 5.97 Å². The average Bonchev–Trinajstić information content (AvgIpc) is 2.66. The molecule has 6 nitrogen and oxygen atoms in total. The highest BCUT2D eigenvalue weighted by molar-refractivity contribution is 7.89. The van der Waals surface area contributed by atoms with E-state index >= 15 is 0 Å². The summed E-state index contributed by atoms with van der Waals surface area (Å²) in [5.41, 5.74) is 0.0147. The van der Waals surface area contributed by atoms with Gasteiger partial charge < -0.3 is 9.67 Å². The normalized spacial score (nSPS) is 17.9. The van der Waals surface area contributed by atoms with E-state index in [0.717, 1.165) is 25.7 Å². The van der Waals surface area contributed by atoms with Crippen molar-refractivity contribution in [2.45, 2.75) is 44.0 Å². The predicted octanol–water partition coefficient (Wildman–Crippen LogP) is 1.77. The molecule has 0 amide bonds. The maximum Gasteiger partial charge on any atom is 0.352 e. The van der Waals surface area contributed by atoms with Crippen LogP contribution in [0.2, 0.25) is 0 Å². The van der Waals surface area contributed by atoms with Gasteiger partial charge in [0.15, 0.2) is 0 Å². The van der Waals surface area contributed by atoms with Crippen LogP contribution in [0, 0.1) is 0 Å². The van der Waals surface area contributed by atoms with Crippen LogP contribution in [-0.2, 0) is 16.6 Å². The maximum absolute atomic E-state index is 12.6. The summed E-state index contributed by atoms with van der Waals surface area (Å²) in [6, 6.07) is 1.26. The predicted molar refractivity (Wildman–Crippen MR) is 74.3 cm³/mol. The summed E-state index contributed by atoms with van der Waals surface area (Å²) >= 11 is 0. The van der Waals surface area contributed by atoms with Gasteiger partial charge in [-0.25, -0.2) is 13.2 Å². The summed E-state index contributed by atoms with van der Waals surface area (Å²) < 4.78 is 28.1. The molecule has 7 heteroatoms. The van der Waals surface area contributed by atoms with Gasteiger partial charge in [-0.2, -0.15) is 4.31 Å². The lowest BCUT2D eigenvalue weighted by Gasteiger charge is -2.18. The number of sulfonamides is 1. The van der Waals surface area contributed by atoms with Crippen molar-refractivity contribution in [1.29, 1.82) is 0 Å². The van der Waals surface area contributed by atoms with Gasteiger partial charge in [0.1, 0.15) is 10.6 Å². The largest absolute Gasteiger partial charge is 0.477 e. The van der Waals surface area contributed by atoms with Crippen LogP contribution < -0.4 is 0 Å². The van der Waals surface area contributed by atoms with Gasteiger partial charge in [0.05, 0.1) is 0 Å². The third-order valence-corrected chi connectivity index (χ3v) is 5.50. The molecule has 0 atom stereocenters. The first-order chi connectivity index (χ1) is 9.46. The zero-order chi connectivity index (χ0) is 14.8. The van der Waals surface area contributed by atoms with E-state index < -0.39 is 16.0 Å². The van der Waals surface area contributed by atoms with Crippen molar-refractivity contribution in [2.75, 3.05) is 13.1 Å². The number of rotatable bonds is 4. The highest BCUT2D eigenvalue weighted by Gasteiger charge is 2.28. The summed E-state index contributed by atoms with van der Waals surface area (Å²) in [6.45, 7) is 3.25. The molecule has 0 radical (unpaired) electrons. The van der Waals surface area contributed by atoms with Crippen LogP contribution in [0.5, 0.6) is 0 Å². The lowest BCUT2D eigenvalue weighted by Crippen LogP contribution is -2.31. The minimum atomic E-state index is -3.58. The molecule has 1 N–H and O–H groups in total. The van der Waals surface area contributed by atoms with E-state index in [-0.39, 0.29) is 10.6 Å². The second kappa shape index (κ2) is 5.97. The second-order valence-electron chi connectivity index (χ2n) is 4.97. The van der Waals surface area contributed by atoms with E-state index in [4.69, 9.17) is 5.11 Å². The molecule has 1 fully saturated rings. The quantitative estimate of drug-likeness (QED) is 0.919. The van der Waals surface area contributed by atoms with Gasteiger partial charge in [0, 0.05) is 25.8 Å². The molecule has 0 saturated carbocycles. The third kappa shape index (κ3) is 2.88. The molecule has 0 bridgehead atoms. The summed E-state index contributed by atoms with van der Waals surface area (Å²) in [5.74, 6) is -1.11. The minimum Gasteiger partial charge on any atom is -0.477 e. The lowest BCUT2D eigenvalue weighted by atomic mass is 10.2. The number of aromatic carboxylic acids is 1. The number of nitrogens with zero attached hydrogens (tertiary/aromatic N) is 2. The molecule has 2 rings (SSSR count). The van der Waals surface area contributed by atoms with Crippen molar-refractivity contribution in [3.8, 4) is 0 Å². The monoisotopic (exact) mass is 300 g/mol. The number of hydrogen-bond donors (Lipinski definition) is 1. The molecule has 0 aromatic carbocycles. The maximum atomic E-state index is 12.6. The molecular formula is C13H20N2O4S. The molecule has 1 aromatic heterocycles. The van der Waals surface area contributed by atoms with E-state index in [0.29, 0.717) is 19.6 Å². The zero-order valence-corrected chi connectivity index (χ0v) is 12.4. The van der Waals surface area contributed by atoms with Crippen molar-refractivity contribution in [3.05, 3.63) is 18.0 Å². The van der Waals surface area contributed by atoms with Crippen molar-refractivity contribution in [2.24, 2.45) is 0 Å². The molecular weight excluding hydrogens is 280 g/mol. The van der Waals surface area contributed by atoms with E-state index in [9.17, 15) is 13.2 Å². The fraction of sp³-hybridized carbons (Fsp3) is 0.615. The Balaban J connectivity index is 2.35. The van der Waals surface area contributed by atoms with Crippen molar-refractivity contribution >= 4 is 16.0 Å². The van der Waals surface area contributed by atoms with Crippen molar-refractivity contribution in [3.63, 3.8) is 0 Å². The molecule has 1 aliphatic rings. The van der Waals surface area contributed by atoms with Crippen LogP contribution in [0.3, 0.4) is 0 Å². The molecule has 0 unspecified atom stereocenters. The topological polar surface area (TPSA) is 79.6 Å². The fourth-order valence-corrected chi connectivity index (χ4v) is 4.05. The molecule has 2 heterocycles. The fourth-order valence-electron chi connectivity index (χ4n) is 2.50. The van der Waals surface area contributed by atoms with Crippen LogP contribution in [0.4, 0.5) is 0 Å². The third-order valence-electron chi connectivity index (χ3n) is 3.63. The van der Waals surface area contributed by atoms with Crippen molar-refractivity contribution in [1.82, 2.24) is 8.87 Å². The van der Waals surface area contributed by atoms with Gasteiger partial charge in [-0.05, 0) is 25.8 Å². The standard InChI is InChI=1S/C13H20N2O4S/c1-2-14-10-11(9-12(14)13(16)17)20(18,19)15-7-5-3-4-6-8-15/h9-10H,2-8H2,1H3,(H,16,17). The van der Waals surface area contributed by atoms with Crippen LogP contribution >= 0.6 is 0 Å². The average molecular weight is 300 g/mol. The Hall–Kier alpha value is -1.34. The van der Waals surface area contributed by atoms with Gasteiger partial charge in [0.2, 0.25) is 10.0 Å². The Morgan fingerprint density at radius 2 is 1.85 bits per heavy atom. The lowest BCUT2D eigenvalue weighted by molar-refractivity contribution is 0.0685. The van der Waals surface area contributed by atoms with Gasteiger partial charge in [-0.3, -0.25) is 0 Å². The number of carboxylic acid groups (broad SMARTS) is 1. The number of hydrogen-bond acceptors (Lipinski definition) is 3. The highest BCUT2D eigenvalue weighted by Crippen LogP contribution is 2.22. The molecule has 1 aliphatic heterocycles. The molecule has 1 saturated heterocycles. The van der Waals surface area contributed by atoms with Crippen LogP contribution in [0.1, 0.15) is 43.1 Å². The smallest absolute Gasteiger partial charge is 0.352 e. The Morgan fingerprint density at radius 1 is 1.25 bits per heavy atom.